The molecule has 158 valence electrons. The minimum atomic E-state index is 0.00591. The van der Waals surface area contributed by atoms with E-state index in [-0.39, 0.29) is 29.9 Å². The highest BCUT2D eigenvalue weighted by molar-refractivity contribution is 5.98. The number of rotatable bonds is 3. The van der Waals surface area contributed by atoms with Gasteiger partial charge in [0, 0.05) is 53.4 Å². The number of amides is 2. The average molecular weight is 417 g/mol. The summed E-state index contributed by atoms with van der Waals surface area (Å²) >= 11 is 0. The van der Waals surface area contributed by atoms with Gasteiger partial charge in [-0.2, -0.15) is 0 Å². The Kier molecular flexibility index (Phi) is 4.00. The Morgan fingerprint density at radius 2 is 1.87 bits per heavy atom. The summed E-state index contributed by atoms with van der Waals surface area (Å²) in [6.07, 6.45) is 4.50. The van der Waals surface area contributed by atoms with Crippen molar-refractivity contribution >= 4 is 28.4 Å². The summed E-state index contributed by atoms with van der Waals surface area (Å²) in [4.78, 5) is 30.9. The molecule has 1 atom stereocenters. The first-order valence-corrected chi connectivity index (χ1v) is 10.7. The molecule has 0 bridgehead atoms. The number of likely N-dealkylation sites (tertiary alicyclic amines) is 1. The maximum Gasteiger partial charge on any atom is 0.253 e. The van der Waals surface area contributed by atoms with Crippen LogP contribution in [-0.2, 0) is 4.79 Å². The number of carbonyl (C=O) groups is 2. The van der Waals surface area contributed by atoms with Crippen molar-refractivity contribution in [2.45, 2.75) is 19.3 Å². The Bertz CT molecular complexity index is 1190. The van der Waals surface area contributed by atoms with Gasteiger partial charge in [0.25, 0.3) is 5.91 Å². The molecule has 2 aromatic carbocycles. The standard InChI is InChI=1S/C24H23N3O4/c28-22(26-17-2-4-20-21(12-17)31-14-30-20)18-13-24(18)6-9-27(10-7-24)23(29)16-1-3-19-15(11-16)5-8-25-19/h1-5,8,11-12,18,25H,6-7,9-10,13-14H2,(H,26,28)/t18-/m1/s1. The summed E-state index contributed by atoms with van der Waals surface area (Å²) in [5.74, 6) is 1.49. The summed E-state index contributed by atoms with van der Waals surface area (Å²) in [6, 6.07) is 13.2. The predicted molar refractivity (Wildman–Crippen MR) is 115 cm³/mol. The highest BCUT2D eigenvalue weighted by atomic mass is 16.7. The molecule has 1 saturated heterocycles. The fraction of sp³-hybridized carbons (Fsp3) is 0.333. The third-order valence-electron chi connectivity index (χ3n) is 6.99. The van der Waals surface area contributed by atoms with Crippen molar-refractivity contribution in [2.75, 3.05) is 25.2 Å². The van der Waals surface area contributed by atoms with E-state index in [1.807, 2.05) is 47.5 Å². The van der Waals surface area contributed by atoms with E-state index in [1.165, 1.54) is 0 Å². The van der Waals surface area contributed by atoms with Gasteiger partial charge in [0.15, 0.2) is 11.5 Å². The number of hydrogen-bond acceptors (Lipinski definition) is 4. The van der Waals surface area contributed by atoms with Crippen LogP contribution >= 0.6 is 0 Å². The zero-order valence-electron chi connectivity index (χ0n) is 17.0. The number of aromatic amines is 1. The monoisotopic (exact) mass is 417 g/mol. The number of fused-ring (bicyclic) bond motifs is 2. The Hall–Kier alpha value is -3.48. The van der Waals surface area contributed by atoms with Crippen molar-refractivity contribution < 1.29 is 19.1 Å². The van der Waals surface area contributed by atoms with E-state index in [1.54, 1.807) is 6.07 Å². The smallest absolute Gasteiger partial charge is 0.253 e. The molecule has 2 aliphatic heterocycles. The van der Waals surface area contributed by atoms with Crippen LogP contribution in [0.5, 0.6) is 11.5 Å². The SMILES string of the molecule is O=C(Nc1ccc2c(c1)OCO2)[C@H]1CC12CCN(C(=O)c1ccc3[nH]ccc3c1)CC2. The number of hydrogen-bond donors (Lipinski definition) is 2. The van der Waals surface area contributed by atoms with Gasteiger partial charge in [0.1, 0.15) is 0 Å². The van der Waals surface area contributed by atoms with Crippen LogP contribution in [0.2, 0.25) is 0 Å². The zero-order valence-corrected chi connectivity index (χ0v) is 17.0. The Morgan fingerprint density at radius 3 is 2.74 bits per heavy atom. The van der Waals surface area contributed by atoms with E-state index in [2.05, 4.69) is 10.3 Å². The second-order valence-corrected chi connectivity index (χ2v) is 8.75. The molecule has 6 rings (SSSR count). The summed E-state index contributed by atoms with van der Waals surface area (Å²) in [5, 5.41) is 4.06. The summed E-state index contributed by atoms with van der Waals surface area (Å²) < 4.78 is 10.7. The number of piperidine rings is 1. The number of H-pyrrole nitrogens is 1. The number of carbonyl (C=O) groups excluding carboxylic acids is 2. The molecule has 1 aromatic heterocycles. The van der Waals surface area contributed by atoms with Gasteiger partial charge >= 0.3 is 0 Å². The highest BCUT2D eigenvalue weighted by Gasteiger charge is 2.58. The molecule has 3 heterocycles. The van der Waals surface area contributed by atoms with Crippen molar-refractivity contribution in [3.8, 4) is 11.5 Å². The van der Waals surface area contributed by atoms with Crippen LogP contribution in [0, 0.1) is 11.3 Å². The second-order valence-electron chi connectivity index (χ2n) is 8.75. The Balaban J connectivity index is 1.08. The molecule has 2 N–H and O–H groups in total. The molecule has 1 saturated carbocycles. The summed E-state index contributed by atoms with van der Waals surface area (Å²) in [6.45, 7) is 1.60. The van der Waals surface area contributed by atoms with E-state index in [4.69, 9.17) is 9.47 Å². The Labute approximate surface area is 179 Å². The minimum absolute atomic E-state index is 0.00591. The molecule has 1 spiro atoms. The van der Waals surface area contributed by atoms with Gasteiger partial charge in [0.2, 0.25) is 12.7 Å². The molecular formula is C24H23N3O4. The molecule has 7 heteroatoms. The van der Waals surface area contributed by atoms with Gasteiger partial charge in [-0.05, 0) is 61.1 Å². The first-order chi connectivity index (χ1) is 15.1. The fourth-order valence-electron chi connectivity index (χ4n) is 5.00. The van der Waals surface area contributed by atoms with Crippen molar-refractivity contribution in [1.82, 2.24) is 9.88 Å². The normalized spacial score (nSPS) is 20.8. The molecule has 31 heavy (non-hydrogen) atoms. The molecule has 1 aliphatic carbocycles. The van der Waals surface area contributed by atoms with Crippen LogP contribution in [0.4, 0.5) is 5.69 Å². The largest absolute Gasteiger partial charge is 0.454 e. The lowest BCUT2D eigenvalue weighted by molar-refractivity contribution is -0.118. The van der Waals surface area contributed by atoms with Crippen LogP contribution in [0.3, 0.4) is 0 Å². The molecule has 0 radical (unpaired) electrons. The van der Waals surface area contributed by atoms with Crippen LogP contribution in [0.1, 0.15) is 29.6 Å². The van der Waals surface area contributed by atoms with Crippen molar-refractivity contribution in [2.24, 2.45) is 11.3 Å². The minimum Gasteiger partial charge on any atom is -0.454 e. The summed E-state index contributed by atoms with van der Waals surface area (Å²) in [7, 11) is 0. The van der Waals surface area contributed by atoms with Crippen LogP contribution in [0.15, 0.2) is 48.7 Å². The average Bonchev–Trinajstić information content (AvgIpc) is 3.13. The topological polar surface area (TPSA) is 83.7 Å². The van der Waals surface area contributed by atoms with Crippen LogP contribution < -0.4 is 14.8 Å². The number of nitrogens with zero attached hydrogens (tertiary/aromatic N) is 1. The Morgan fingerprint density at radius 1 is 1.03 bits per heavy atom. The number of nitrogens with one attached hydrogen (secondary N) is 2. The lowest BCUT2D eigenvalue weighted by atomic mass is 9.90. The number of anilines is 1. The van der Waals surface area contributed by atoms with Gasteiger partial charge in [-0.1, -0.05) is 0 Å². The number of aromatic nitrogens is 1. The molecule has 0 unspecified atom stereocenters. The van der Waals surface area contributed by atoms with Crippen LogP contribution in [-0.4, -0.2) is 41.6 Å². The highest BCUT2D eigenvalue weighted by Crippen LogP contribution is 2.59. The quantitative estimate of drug-likeness (QED) is 0.679. The van der Waals surface area contributed by atoms with Gasteiger partial charge < -0.3 is 24.7 Å². The van der Waals surface area contributed by atoms with Crippen molar-refractivity contribution in [3.63, 3.8) is 0 Å². The number of ether oxygens (including phenoxy) is 2. The van der Waals surface area contributed by atoms with E-state index in [0.29, 0.717) is 24.6 Å². The maximum atomic E-state index is 13.0. The first kappa shape index (κ1) is 18.3. The van der Waals surface area contributed by atoms with E-state index in [0.717, 1.165) is 41.4 Å². The zero-order chi connectivity index (χ0) is 21.0. The van der Waals surface area contributed by atoms with E-state index in [9.17, 15) is 9.59 Å². The van der Waals surface area contributed by atoms with Crippen LogP contribution in [0.25, 0.3) is 10.9 Å². The second kappa shape index (κ2) is 6.77. The first-order valence-electron chi connectivity index (χ1n) is 10.7. The lowest BCUT2D eigenvalue weighted by Gasteiger charge is -2.33. The van der Waals surface area contributed by atoms with Gasteiger partial charge in [0.05, 0.1) is 0 Å². The lowest BCUT2D eigenvalue weighted by Crippen LogP contribution is -2.40. The summed E-state index contributed by atoms with van der Waals surface area (Å²) in [5.41, 5.74) is 2.50. The molecule has 3 aromatic rings. The van der Waals surface area contributed by atoms with Crippen molar-refractivity contribution in [1.29, 1.82) is 0 Å². The molecule has 2 amide bonds. The van der Waals surface area contributed by atoms with Gasteiger partial charge in [-0.25, -0.2) is 0 Å². The van der Waals surface area contributed by atoms with Gasteiger partial charge in [-0.3, -0.25) is 9.59 Å². The molecule has 7 nitrogen and oxygen atoms in total. The molecular weight excluding hydrogens is 394 g/mol. The third kappa shape index (κ3) is 3.12. The number of benzene rings is 2. The predicted octanol–water partition coefficient (Wildman–Crippen LogP) is 3.78. The van der Waals surface area contributed by atoms with E-state index < -0.39 is 0 Å². The van der Waals surface area contributed by atoms with E-state index >= 15 is 0 Å². The fourth-order valence-corrected chi connectivity index (χ4v) is 5.00. The maximum absolute atomic E-state index is 13.0. The third-order valence-corrected chi connectivity index (χ3v) is 6.99. The molecule has 2 fully saturated rings. The molecule has 3 aliphatic rings. The van der Waals surface area contributed by atoms with Gasteiger partial charge in [-0.15, -0.1) is 0 Å². The van der Waals surface area contributed by atoms with Crippen molar-refractivity contribution in [3.05, 3.63) is 54.2 Å².